The van der Waals surface area contributed by atoms with Crippen molar-refractivity contribution in [2.75, 3.05) is 0 Å². The van der Waals surface area contributed by atoms with Crippen molar-refractivity contribution in [1.29, 1.82) is 0 Å². The molecule has 6 nitrogen and oxygen atoms in total. The summed E-state index contributed by atoms with van der Waals surface area (Å²) in [5, 5.41) is 11.3. The lowest BCUT2D eigenvalue weighted by molar-refractivity contribution is -0.143. The second-order valence-electron chi connectivity index (χ2n) is 8.17. The highest BCUT2D eigenvalue weighted by Gasteiger charge is 2.21. The van der Waals surface area contributed by atoms with Crippen LogP contribution in [0.5, 0.6) is 0 Å². The van der Waals surface area contributed by atoms with E-state index in [4.69, 9.17) is 10.8 Å². The van der Waals surface area contributed by atoms with Gasteiger partial charge in [0, 0.05) is 6.42 Å². The van der Waals surface area contributed by atoms with E-state index in [0.29, 0.717) is 0 Å². The molecule has 6 heteroatoms. The predicted octanol–water partition coefficient (Wildman–Crippen LogP) is 5.25. The average Bonchev–Trinajstić information content (AvgIpc) is 2.69. The van der Waals surface area contributed by atoms with Gasteiger partial charge in [-0.2, -0.15) is 0 Å². The summed E-state index contributed by atoms with van der Waals surface area (Å²) < 4.78 is 0. The highest BCUT2D eigenvalue weighted by Crippen LogP contribution is 2.11. The van der Waals surface area contributed by atoms with E-state index in [1.807, 2.05) is 0 Å². The maximum atomic E-state index is 11.8. The number of hydrogen-bond acceptors (Lipinski definition) is 3. The van der Waals surface area contributed by atoms with Gasteiger partial charge in [-0.1, -0.05) is 83.3 Å². The molecule has 0 rings (SSSR count). The van der Waals surface area contributed by atoms with Crippen LogP contribution in [0.1, 0.15) is 116 Å². The lowest BCUT2D eigenvalue weighted by Crippen LogP contribution is -2.43. The lowest BCUT2D eigenvalue weighted by atomic mass is 10.1. The predicted molar refractivity (Wildman–Crippen MR) is 122 cm³/mol. The van der Waals surface area contributed by atoms with E-state index in [1.54, 1.807) is 0 Å². The summed E-state index contributed by atoms with van der Waals surface area (Å²) in [6.07, 6.45) is 22.7. The molecule has 0 aliphatic carbocycles. The molecule has 30 heavy (non-hydrogen) atoms. The molecule has 0 aliphatic heterocycles. The van der Waals surface area contributed by atoms with Gasteiger partial charge in [0.15, 0.2) is 0 Å². The van der Waals surface area contributed by atoms with Gasteiger partial charge in [-0.3, -0.25) is 9.59 Å². The number of carboxylic acids is 1. The van der Waals surface area contributed by atoms with Crippen LogP contribution in [0.3, 0.4) is 0 Å². The summed E-state index contributed by atoms with van der Waals surface area (Å²) in [6.45, 7) is 2.25. The summed E-state index contributed by atoms with van der Waals surface area (Å²) in [5.41, 5.74) is 4.99. The van der Waals surface area contributed by atoms with E-state index in [1.165, 1.54) is 77.0 Å². The van der Waals surface area contributed by atoms with Crippen LogP contribution in [0.15, 0.2) is 12.2 Å². The standard InChI is InChI=1S/C24H44N2O4/c1-2-3-4-5-6-7-8-9-10-11-12-13-14-15-16-17-18-19-23(28)26-21(24(29)30)20-22(25)27/h9-10,21H,2-8,11-20H2,1H3,(H2,25,27)(H,26,28)(H,29,30)/b10-9-/t21-/m0/s1. The number of nitrogens with one attached hydrogen (secondary N) is 1. The lowest BCUT2D eigenvalue weighted by Gasteiger charge is -2.12. The number of aliphatic carboxylic acids is 1. The molecular formula is C24H44N2O4. The Morgan fingerprint density at radius 2 is 1.27 bits per heavy atom. The maximum Gasteiger partial charge on any atom is 0.326 e. The Morgan fingerprint density at radius 3 is 1.73 bits per heavy atom. The maximum absolute atomic E-state index is 11.8. The van der Waals surface area contributed by atoms with Crippen LogP contribution in [0.25, 0.3) is 0 Å². The average molecular weight is 425 g/mol. The fraction of sp³-hybridized carbons (Fsp3) is 0.792. The van der Waals surface area contributed by atoms with Crippen molar-refractivity contribution in [2.45, 2.75) is 122 Å². The Labute approximate surface area is 183 Å². The monoisotopic (exact) mass is 424 g/mol. The molecule has 0 aromatic rings. The molecule has 0 heterocycles. The minimum Gasteiger partial charge on any atom is -0.480 e. The van der Waals surface area contributed by atoms with Crippen molar-refractivity contribution < 1.29 is 19.5 Å². The number of hydrogen-bond donors (Lipinski definition) is 3. The Balaban J connectivity index is 3.45. The Kier molecular flexibility index (Phi) is 19.2. The van der Waals surface area contributed by atoms with Crippen LogP contribution in [-0.4, -0.2) is 28.9 Å². The number of nitrogens with two attached hydrogens (primary N) is 1. The largest absolute Gasteiger partial charge is 0.480 e. The van der Waals surface area contributed by atoms with Gasteiger partial charge in [0.25, 0.3) is 0 Å². The van der Waals surface area contributed by atoms with Crippen LogP contribution in [0, 0.1) is 0 Å². The van der Waals surface area contributed by atoms with Gasteiger partial charge in [0.1, 0.15) is 6.04 Å². The number of carbonyl (C=O) groups is 3. The molecule has 1 atom stereocenters. The molecule has 0 saturated carbocycles. The Bertz CT molecular complexity index is 492. The van der Waals surface area contributed by atoms with E-state index < -0.39 is 17.9 Å². The number of primary amides is 1. The van der Waals surface area contributed by atoms with Crippen molar-refractivity contribution in [1.82, 2.24) is 5.32 Å². The molecule has 174 valence electrons. The third kappa shape index (κ3) is 19.5. The third-order valence-electron chi connectivity index (χ3n) is 5.20. The second kappa shape index (κ2) is 20.4. The van der Waals surface area contributed by atoms with E-state index >= 15 is 0 Å². The van der Waals surface area contributed by atoms with Crippen LogP contribution >= 0.6 is 0 Å². The van der Waals surface area contributed by atoms with Gasteiger partial charge in [-0.25, -0.2) is 4.79 Å². The van der Waals surface area contributed by atoms with Crippen molar-refractivity contribution in [3.05, 3.63) is 12.2 Å². The quantitative estimate of drug-likeness (QED) is 0.173. The number of carbonyl (C=O) groups excluding carboxylic acids is 2. The zero-order chi connectivity index (χ0) is 22.5. The fourth-order valence-electron chi connectivity index (χ4n) is 3.38. The third-order valence-corrected chi connectivity index (χ3v) is 5.20. The molecule has 0 spiro atoms. The molecule has 0 saturated heterocycles. The van der Waals surface area contributed by atoms with E-state index in [0.717, 1.165) is 19.3 Å². The second-order valence-corrected chi connectivity index (χ2v) is 8.17. The zero-order valence-corrected chi connectivity index (χ0v) is 19.0. The molecule has 4 N–H and O–H groups in total. The smallest absolute Gasteiger partial charge is 0.326 e. The normalized spacial score (nSPS) is 12.2. The van der Waals surface area contributed by atoms with Crippen molar-refractivity contribution in [3.63, 3.8) is 0 Å². The van der Waals surface area contributed by atoms with Gasteiger partial charge in [0.05, 0.1) is 6.42 Å². The first-order chi connectivity index (χ1) is 14.5. The summed E-state index contributed by atoms with van der Waals surface area (Å²) >= 11 is 0. The number of carboxylic acid groups (broad SMARTS) is 1. The molecule has 0 bridgehead atoms. The molecule has 0 aromatic heterocycles. The van der Waals surface area contributed by atoms with E-state index in [-0.39, 0.29) is 18.7 Å². The first kappa shape index (κ1) is 28.1. The van der Waals surface area contributed by atoms with E-state index in [9.17, 15) is 14.4 Å². The Morgan fingerprint density at radius 1 is 0.800 bits per heavy atom. The first-order valence-corrected chi connectivity index (χ1v) is 11.9. The molecular weight excluding hydrogens is 380 g/mol. The Hall–Kier alpha value is -1.85. The summed E-state index contributed by atoms with van der Waals surface area (Å²) in [7, 11) is 0. The van der Waals surface area contributed by atoms with Crippen molar-refractivity contribution in [2.24, 2.45) is 5.73 Å². The number of rotatable bonds is 21. The summed E-state index contributed by atoms with van der Waals surface area (Å²) in [6, 6.07) is -1.23. The molecule has 2 amide bonds. The molecule has 0 unspecified atom stereocenters. The zero-order valence-electron chi connectivity index (χ0n) is 19.0. The van der Waals surface area contributed by atoms with Gasteiger partial charge in [0.2, 0.25) is 11.8 Å². The van der Waals surface area contributed by atoms with Crippen LogP contribution in [0.2, 0.25) is 0 Å². The number of allylic oxidation sites excluding steroid dienone is 2. The minimum absolute atomic E-state index is 0.284. The van der Waals surface area contributed by atoms with Gasteiger partial charge < -0.3 is 16.2 Å². The molecule has 0 fully saturated rings. The van der Waals surface area contributed by atoms with Gasteiger partial charge in [-0.05, 0) is 32.1 Å². The molecule has 0 aromatic carbocycles. The topological polar surface area (TPSA) is 109 Å². The van der Waals surface area contributed by atoms with Gasteiger partial charge in [-0.15, -0.1) is 0 Å². The highest BCUT2D eigenvalue weighted by molar-refractivity contribution is 5.88. The van der Waals surface area contributed by atoms with Crippen LogP contribution in [0.4, 0.5) is 0 Å². The highest BCUT2D eigenvalue weighted by atomic mass is 16.4. The van der Waals surface area contributed by atoms with Crippen LogP contribution in [-0.2, 0) is 14.4 Å². The van der Waals surface area contributed by atoms with Crippen molar-refractivity contribution in [3.8, 4) is 0 Å². The SMILES string of the molecule is CCCCCCCC/C=C\CCCCCCCCCC(=O)N[C@@H](CC(N)=O)C(=O)O. The van der Waals surface area contributed by atoms with Crippen LogP contribution < -0.4 is 11.1 Å². The number of amides is 2. The fourth-order valence-corrected chi connectivity index (χ4v) is 3.38. The molecule has 0 radical (unpaired) electrons. The summed E-state index contributed by atoms with van der Waals surface area (Å²) in [5.74, 6) is -2.31. The molecule has 0 aliphatic rings. The number of unbranched alkanes of at least 4 members (excludes halogenated alkanes) is 13. The van der Waals surface area contributed by atoms with Crippen molar-refractivity contribution >= 4 is 17.8 Å². The van der Waals surface area contributed by atoms with Gasteiger partial charge >= 0.3 is 5.97 Å². The van der Waals surface area contributed by atoms with E-state index in [2.05, 4.69) is 24.4 Å². The minimum atomic E-state index is -1.24. The first-order valence-electron chi connectivity index (χ1n) is 11.9. The summed E-state index contributed by atoms with van der Waals surface area (Å²) in [4.78, 5) is 33.6.